The summed E-state index contributed by atoms with van der Waals surface area (Å²) in [5.41, 5.74) is 1.07. The maximum atomic E-state index is 12.0. The number of carbonyl (C=O) groups is 1. The van der Waals surface area contributed by atoms with Gasteiger partial charge in [0.25, 0.3) is 0 Å². The minimum Gasteiger partial charge on any atom is -0.378 e. The number of aromatic nitrogens is 1. The Hall–Kier alpha value is -0.980. The maximum absolute atomic E-state index is 12.0. The number of piperidine rings is 1. The zero-order valence-electron chi connectivity index (χ0n) is 13.9. The topological polar surface area (TPSA) is 54.5 Å². The van der Waals surface area contributed by atoms with Crippen molar-refractivity contribution in [1.29, 1.82) is 0 Å². The van der Waals surface area contributed by atoms with Crippen molar-refractivity contribution in [3.05, 3.63) is 11.1 Å². The standard InChI is InChI=1S/C17H27N3O2S/c1-13-6-8-20(9-7-13)11-14-12-23-17(18-14)19-16(21)5-4-15-3-2-10-22-15/h12-13,15H,2-11H2,1H3,(H,18,19,21). The molecule has 0 aliphatic carbocycles. The van der Waals surface area contributed by atoms with E-state index >= 15 is 0 Å². The second-order valence-electron chi connectivity index (χ2n) is 6.82. The molecule has 1 amide bonds. The number of hydrogen-bond donors (Lipinski definition) is 1. The highest BCUT2D eigenvalue weighted by atomic mass is 32.1. The minimum atomic E-state index is 0.0493. The van der Waals surface area contributed by atoms with Gasteiger partial charge in [0.2, 0.25) is 5.91 Å². The van der Waals surface area contributed by atoms with Crippen molar-refractivity contribution in [2.45, 2.75) is 58.1 Å². The third kappa shape index (κ3) is 5.26. The van der Waals surface area contributed by atoms with Gasteiger partial charge in [-0.15, -0.1) is 11.3 Å². The Morgan fingerprint density at radius 2 is 2.26 bits per heavy atom. The average molecular weight is 337 g/mol. The van der Waals surface area contributed by atoms with Crippen LogP contribution >= 0.6 is 11.3 Å². The predicted octanol–water partition coefficient (Wildman–Crippen LogP) is 3.27. The van der Waals surface area contributed by atoms with Crippen LogP contribution in [-0.2, 0) is 16.1 Å². The summed E-state index contributed by atoms with van der Waals surface area (Å²) in [6, 6.07) is 0. The first-order chi connectivity index (χ1) is 11.2. The molecule has 1 N–H and O–H groups in total. The van der Waals surface area contributed by atoms with Crippen LogP contribution in [0.4, 0.5) is 5.13 Å². The monoisotopic (exact) mass is 337 g/mol. The number of rotatable bonds is 6. The Bertz CT molecular complexity index is 506. The highest BCUT2D eigenvalue weighted by Gasteiger charge is 2.18. The van der Waals surface area contributed by atoms with Gasteiger partial charge >= 0.3 is 0 Å². The summed E-state index contributed by atoms with van der Waals surface area (Å²) in [6.45, 7) is 6.38. The van der Waals surface area contributed by atoms with Crippen LogP contribution in [0.1, 0.15) is 51.1 Å². The largest absolute Gasteiger partial charge is 0.378 e. The molecule has 0 saturated carbocycles. The van der Waals surface area contributed by atoms with Gasteiger partial charge in [-0.2, -0.15) is 0 Å². The quantitative estimate of drug-likeness (QED) is 0.865. The summed E-state index contributed by atoms with van der Waals surface area (Å²) >= 11 is 1.52. The van der Waals surface area contributed by atoms with E-state index in [4.69, 9.17) is 4.74 Å². The lowest BCUT2D eigenvalue weighted by atomic mass is 9.99. The van der Waals surface area contributed by atoms with Crippen molar-refractivity contribution in [1.82, 2.24) is 9.88 Å². The molecule has 0 radical (unpaired) electrons. The Kier molecular flexibility index (Phi) is 6.02. The molecule has 2 fully saturated rings. The van der Waals surface area contributed by atoms with Crippen LogP contribution in [0.5, 0.6) is 0 Å². The lowest BCUT2D eigenvalue weighted by molar-refractivity contribution is -0.116. The van der Waals surface area contributed by atoms with Crippen LogP contribution < -0.4 is 5.32 Å². The number of likely N-dealkylation sites (tertiary alicyclic amines) is 1. The highest BCUT2D eigenvalue weighted by Crippen LogP contribution is 2.22. The smallest absolute Gasteiger partial charge is 0.226 e. The van der Waals surface area contributed by atoms with Crippen LogP contribution in [0.15, 0.2) is 5.38 Å². The number of carbonyl (C=O) groups excluding carboxylic acids is 1. The van der Waals surface area contributed by atoms with E-state index in [0.717, 1.165) is 62.2 Å². The normalized spacial score (nSPS) is 23.3. The van der Waals surface area contributed by atoms with Crippen LogP contribution in [0.2, 0.25) is 0 Å². The molecule has 1 aromatic heterocycles. The van der Waals surface area contributed by atoms with Crippen LogP contribution in [-0.4, -0.2) is 41.6 Å². The number of nitrogens with zero attached hydrogens (tertiary/aromatic N) is 2. The number of ether oxygens (including phenoxy) is 1. The van der Waals surface area contributed by atoms with Crippen molar-refractivity contribution in [3.8, 4) is 0 Å². The van der Waals surface area contributed by atoms with Gasteiger partial charge in [-0.05, 0) is 51.1 Å². The third-order valence-corrected chi connectivity index (χ3v) is 5.58. The fraction of sp³-hybridized carbons (Fsp3) is 0.765. The van der Waals surface area contributed by atoms with Gasteiger partial charge in [0, 0.05) is 25.0 Å². The summed E-state index contributed by atoms with van der Waals surface area (Å²) in [6.07, 6.45) is 6.36. The Morgan fingerprint density at radius 1 is 1.43 bits per heavy atom. The third-order valence-electron chi connectivity index (χ3n) is 4.78. The van der Waals surface area contributed by atoms with Crippen molar-refractivity contribution in [2.75, 3.05) is 25.0 Å². The van der Waals surface area contributed by atoms with E-state index in [9.17, 15) is 4.79 Å². The van der Waals surface area contributed by atoms with Crippen LogP contribution in [0, 0.1) is 5.92 Å². The van der Waals surface area contributed by atoms with Crippen molar-refractivity contribution >= 4 is 22.4 Å². The van der Waals surface area contributed by atoms with Crippen LogP contribution in [0.25, 0.3) is 0 Å². The SMILES string of the molecule is CC1CCN(Cc2csc(NC(=O)CCC3CCCO3)n2)CC1. The van der Waals surface area contributed by atoms with Gasteiger partial charge in [0.15, 0.2) is 5.13 Å². The second-order valence-corrected chi connectivity index (χ2v) is 7.68. The Morgan fingerprint density at radius 3 is 3.00 bits per heavy atom. The maximum Gasteiger partial charge on any atom is 0.226 e. The lowest BCUT2D eigenvalue weighted by Gasteiger charge is -2.29. The molecule has 1 aromatic rings. The van der Waals surface area contributed by atoms with Gasteiger partial charge in [-0.25, -0.2) is 4.98 Å². The fourth-order valence-electron chi connectivity index (χ4n) is 3.23. The zero-order valence-corrected chi connectivity index (χ0v) is 14.7. The lowest BCUT2D eigenvalue weighted by Crippen LogP contribution is -2.32. The average Bonchev–Trinajstić information content (AvgIpc) is 3.20. The molecule has 3 heterocycles. The van der Waals surface area contributed by atoms with E-state index in [0.29, 0.717) is 6.42 Å². The number of thiazole rings is 1. The predicted molar refractivity (Wildman–Crippen MR) is 92.6 cm³/mol. The van der Waals surface area contributed by atoms with E-state index in [1.165, 1.54) is 24.2 Å². The van der Waals surface area contributed by atoms with E-state index in [2.05, 4.69) is 27.5 Å². The van der Waals surface area contributed by atoms with Crippen molar-refractivity contribution in [2.24, 2.45) is 5.92 Å². The van der Waals surface area contributed by atoms with Crippen molar-refractivity contribution < 1.29 is 9.53 Å². The molecule has 0 spiro atoms. The molecule has 2 saturated heterocycles. The summed E-state index contributed by atoms with van der Waals surface area (Å²) < 4.78 is 5.55. The van der Waals surface area contributed by atoms with Gasteiger partial charge in [-0.3, -0.25) is 9.69 Å². The summed E-state index contributed by atoms with van der Waals surface area (Å²) in [7, 11) is 0. The first-order valence-corrected chi connectivity index (χ1v) is 9.65. The van der Waals surface area contributed by atoms with E-state index in [-0.39, 0.29) is 12.0 Å². The molecule has 6 heteroatoms. The molecule has 1 unspecified atom stereocenters. The molecule has 3 rings (SSSR count). The summed E-state index contributed by atoms with van der Waals surface area (Å²) in [4.78, 5) is 19.0. The summed E-state index contributed by atoms with van der Waals surface area (Å²) in [5.74, 6) is 0.897. The number of anilines is 1. The van der Waals surface area contributed by atoms with Crippen LogP contribution in [0.3, 0.4) is 0 Å². The molecule has 0 aromatic carbocycles. The van der Waals surface area contributed by atoms with Gasteiger partial charge < -0.3 is 10.1 Å². The number of hydrogen-bond acceptors (Lipinski definition) is 5. The molecular formula is C17H27N3O2S. The van der Waals surface area contributed by atoms with E-state index in [1.807, 2.05) is 0 Å². The van der Waals surface area contributed by atoms with E-state index in [1.54, 1.807) is 0 Å². The Labute approximate surface area is 142 Å². The molecular weight excluding hydrogens is 310 g/mol. The van der Waals surface area contributed by atoms with Gasteiger partial charge in [0.05, 0.1) is 11.8 Å². The summed E-state index contributed by atoms with van der Waals surface area (Å²) in [5, 5.41) is 5.71. The Balaban J connectivity index is 1.40. The molecule has 128 valence electrons. The number of nitrogens with one attached hydrogen (secondary N) is 1. The molecule has 2 aliphatic rings. The van der Waals surface area contributed by atoms with Crippen molar-refractivity contribution in [3.63, 3.8) is 0 Å². The molecule has 1 atom stereocenters. The fourth-order valence-corrected chi connectivity index (χ4v) is 3.95. The van der Waals surface area contributed by atoms with E-state index < -0.39 is 0 Å². The highest BCUT2D eigenvalue weighted by molar-refractivity contribution is 7.13. The first kappa shape index (κ1) is 16.9. The second kappa shape index (κ2) is 8.22. The molecule has 23 heavy (non-hydrogen) atoms. The number of amides is 1. The molecule has 5 nitrogen and oxygen atoms in total. The first-order valence-electron chi connectivity index (χ1n) is 8.77. The minimum absolute atomic E-state index is 0.0493. The van der Waals surface area contributed by atoms with Gasteiger partial charge in [-0.1, -0.05) is 6.92 Å². The molecule has 2 aliphatic heterocycles. The van der Waals surface area contributed by atoms with Gasteiger partial charge in [0.1, 0.15) is 0 Å². The molecule has 0 bridgehead atoms. The zero-order chi connectivity index (χ0) is 16.1.